The molecule has 1 N–H and O–H groups in total. The molecule has 2 rings (SSSR count). The smallest absolute Gasteiger partial charge is 0.274 e. The molecule has 110 valence electrons. The molecule has 5 heteroatoms. The van der Waals surface area contributed by atoms with Crippen LogP contribution in [0.5, 0.6) is 0 Å². The van der Waals surface area contributed by atoms with Gasteiger partial charge in [0.25, 0.3) is 5.69 Å². The number of nitro benzene ring substituents is 1. The number of anilines is 1. The van der Waals surface area contributed by atoms with Crippen LogP contribution in [0.3, 0.4) is 0 Å². The normalized spacial score (nSPS) is 10.5. The van der Waals surface area contributed by atoms with Crippen molar-refractivity contribution in [3.63, 3.8) is 0 Å². The molecule has 0 fully saturated rings. The summed E-state index contributed by atoms with van der Waals surface area (Å²) in [6.45, 7) is 5.65. The molecule has 0 atom stereocenters. The fraction of sp³-hybridized carbons (Fsp3) is 0.250. The number of nitrogens with one attached hydrogen (secondary N) is 1. The molecule has 2 aromatic carbocycles. The van der Waals surface area contributed by atoms with Gasteiger partial charge in [0.15, 0.2) is 0 Å². The fourth-order valence-electron chi connectivity index (χ4n) is 2.35. The lowest BCUT2D eigenvalue weighted by Crippen LogP contribution is -2.04. The van der Waals surface area contributed by atoms with E-state index < -0.39 is 4.92 Å². The van der Waals surface area contributed by atoms with Crippen molar-refractivity contribution in [1.82, 2.24) is 0 Å². The molecule has 0 amide bonds. The quantitative estimate of drug-likeness (QED) is 0.675. The Labute approximate surface area is 122 Å². The summed E-state index contributed by atoms with van der Waals surface area (Å²) < 4.78 is 13.6. The maximum Gasteiger partial charge on any atom is 0.274 e. The molecule has 0 aliphatic carbocycles. The van der Waals surface area contributed by atoms with Crippen LogP contribution in [0.25, 0.3) is 0 Å². The summed E-state index contributed by atoms with van der Waals surface area (Å²) in [5.74, 6) is -0.190. The van der Waals surface area contributed by atoms with Crippen LogP contribution in [0.4, 0.5) is 15.8 Å². The van der Waals surface area contributed by atoms with Gasteiger partial charge in [-0.3, -0.25) is 10.1 Å². The van der Waals surface area contributed by atoms with Gasteiger partial charge >= 0.3 is 0 Å². The number of hydrogen-bond donors (Lipinski definition) is 1. The van der Waals surface area contributed by atoms with Crippen molar-refractivity contribution in [2.24, 2.45) is 0 Å². The van der Waals surface area contributed by atoms with E-state index in [0.29, 0.717) is 28.9 Å². The monoisotopic (exact) mass is 288 g/mol. The molecule has 2 aromatic rings. The lowest BCUT2D eigenvalue weighted by atomic mass is 10.1. The van der Waals surface area contributed by atoms with Crippen molar-refractivity contribution in [2.75, 3.05) is 5.32 Å². The Morgan fingerprint density at radius 2 is 1.81 bits per heavy atom. The fourth-order valence-corrected chi connectivity index (χ4v) is 2.35. The van der Waals surface area contributed by atoms with Crippen LogP contribution >= 0.6 is 0 Å². The van der Waals surface area contributed by atoms with Crippen LogP contribution in [0.2, 0.25) is 0 Å². The van der Waals surface area contributed by atoms with Gasteiger partial charge in [0.05, 0.1) is 4.92 Å². The highest BCUT2D eigenvalue weighted by Crippen LogP contribution is 2.25. The minimum atomic E-state index is -0.396. The molecule has 0 aliphatic rings. The Hall–Kier alpha value is -2.43. The molecule has 0 unspecified atom stereocenters. The number of halogens is 1. The molecular formula is C16H17FN2O2. The van der Waals surface area contributed by atoms with Crippen LogP contribution in [-0.2, 0) is 6.54 Å². The largest absolute Gasteiger partial charge is 0.381 e. The van der Waals surface area contributed by atoms with Crippen LogP contribution in [0.1, 0.15) is 22.3 Å². The third kappa shape index (κ3) is 3.18. The Balaban J connectivity index is 2.21. The van der Waals surface area contributed by atoms with E-state index in [1.54, 1.807) is 45.0 Å². The van der Waals surface area contributed by atoms with Gasteiger partial charge in [-0.1, -0.05) is 18.2 Å². The zero-order valence-corrected chi connectivity index (χ0v) is 12.2. The zero-order valence-electron chi connectivity index (χ0n) is 12.2. The van der Waals surface area contributed by atoms with Crippen LogP contribution in [0.15, 0.2) is 30.3 Å². The van der Waals surface area contributed by atoms with Gasteiger partial charge in [-0.25, -0.2) is 4.39 Å². The SMILES string of the molecule is Cc1cc(CNc2cccc([N+](=O)[O-])c2C)cc(C)c1F. The van der Waals surface area contributed by atoms with Crippen molar-refractivity contribution >= 4 is 11.4 Å². The molecule has 21 heavy (non-hydrogen) atoms. The molecule has 0 spiro atoms. The second kappa shape index (κ2) is 5.91. The van der Waals surface area contributed by atoms with Gasteiger partial charge in [0.2, 0.25) is 0 Å². The molecule has 0 bridgehead atoms. The third-order valence-electron chi connectivity index (χ3n) is 3.48. The highest BCUT2D eigenvalue weighted by Gasteiger charge is 2.13. The lowest BCUT2D eigenvalue weighted by molar-refractivity contribution is -0.385. The number of nitrogens with zero attached hydrogens (tertiary/aromatic N) is 1. The highest BCUT2D eigenvalue weighted by molar-refractivity contribution is 5.59. The predicted molar refractivity (Wildman–Crippen MR) is 81.0 cm³/mol. The van der Waals surface area contributed by atoms with Crippen molar-refractivity contribution < 1.29 is 9.31 Å². The van der Waals surface area contributed by atoms with E-state index in [-0.39, 0.29) is 11.5 Å². The average molecular weight is 288 g/mol. The van der Waals surface area contributed by atoms with Gasteiger partial charge in [-0.05, 0) is 43.5 Å². The number of hydrogen-bond acceptors (Lipinski definition) is 3. The Bertz CT molecular complexity index is 676. The highest BCUT2D eigenvalue weighted by atomic mass is 19.1. The number of nitro groups is 1. The van der Waals surface area contributed by atoms with Crippen molar-refractivity contribution in [3.05, 3.63) is 68.5 Å². The van der Waals surface area contributed by atoms with Gasteiger partial charge in [0.1, 0.15) is 5.82 Å². The predicted octanol–water partition coefficient (Wildman–Crippen LogP) is 4.27. The Kier molecular flexibility index (Phi) is 4.21. The van der Waals surface area contributed by atoms with E-state index in [0.717, 1.165) is 5.56 Å². The van der Waals surface area contributed by atoms with Gasteiger partial charge in [0, 0.05) is 23.9 Å². The number of rotatable bonds is 4. The topological polar surface area (TPSA) is 55.2 Å². The van der Waals surface area contributed by atoms with Gasteiger partial charge < -0.3 is 5.32 Å². The third-order valence-corrected chi connectivity index (χ3v) is 3.48. The molecule has 0 saturated carbocycles. The number of benzene rings is 2. The molecule has 0 radical (unpaired) electrons. The lowest BCUT2D eigenvalue weighted by Gasteiger charge is -2.11. The van der Waals surface area contributed by atoms with Crippen molar-refractivity contribution in [3.8, 4) is 0 Å². The molecule has 4 nitrogen and oxygen atoms in total. The second-order valence-electron chi connectivity index (χ2n) is 5.10. The van der Waals surface area contributed by atoms with Crippen LogP contribution < -0.4 is 5.32 Å². The van der Waals surface area contributed by atoms with E-state index in [4.69, 9.17) is 0 Å². The van der Waals surface area contributed by atoms with Gasteiger partial charge in [-0.15, -0.1) is 0 Å². The number of aryl methyl sites for hydroxylation is 2. The average Bonchev–Trinajstić information content (AvgIpc) is 2.43. The standard InChI is InChI=1S/C16H17FN2O2/c1-10-7-13(8-11(2)16(10)17)9-18-14-5-4-6-15(12(14)3)19(20)21/h4-8,18H,9H2,1-3H3. The summed E-state index contributed by atoms with van der Waals surface area (Å²) in [5, 5.41) is 14.1. The summed E-state index contributed by atoms with van der Waals surface area (Å²) in [6, 6.07) is 8.48. The minimum absolute atomic E-state index is 0.0893. The molecule has 0 aromatic heterocycles. The van der Waals surface area contributed by atoms with Gasteiger partial charge in [-0.2, -0.15) is 0 Å². The maximum atomic E-state index is 13.6. The maximum absolute atomic E-state index is 13.6. The second-order valence-corrected chi connectivity index (χ2v) is 5.10. The zero-order chi connectivity index (χ0) is 15.6. The summed E-state index contributed by atoms with van der Waals surface area (Å²) in [5.41, 5.74) is 3.54. The van der Waals surface area contributed by atoms with Crippen molar-refractivity contribution in [2.45, 2.75) is 27.3 Å². The summed E-state index contributed by atoms with van der Waals surface area (Å²) in [6.07, 6.45) is 0. The first kappa shape index (κ1) is 15.0. The molecule has 0 heterocycles. The first-order chi connectivity index (χ1) is 9.90. The van der Waals surface area contributed by atoms with Crippen LogP contribution in [-0.4, -0.2) is 4.92 Å². The Morgan fingerprint density at radius 3 is 2.38 bits per heavy atom. The van der Waals surface area contributed by atoms with E-state index in [2.05, 4.69) is 5.32 Å². The van der Waals surface area contributed by atoms with E-state index in [9.17, 15) is 14.5 Å². The molecule has 0 aliphatic heterocycles. The summed E-state index contributed by atoms with van der Waals surface area (Å²) in [7, 11) is 0. The first-order valence-corrected chi connectivity index (χ1v) is 6.63. The summed E-state index contributed by atoms with van der Waals surface area (Å²) >= 11 is 0. The summed E-state index contributed by atoms with van der Waals surface area (Å²) in [4.78, 5) is 10.5. The van der Waals surface area contributed by atoms with Crippen molar-refractivity contribution in [1.29, 1.82) is 0 Å². The van der Waals surface area contributed by atoms with E-state index in [1.165, 1.54) is 6.07 Å². The first-order valence-electron chi connectivity index (χ1n) is 6.63. The molecule has 0 saturated heterocycles. The van der Waals surface area contributed by atoms with E-state index in [1.807, 2.05) is 0 Å². The van der Waals surface area contributed by atoms with Crippen LogP contribution in [0, 0.1) is 36.7 Å². The minimum Gasteiger partial charge on any atom is -0.381 e. The molecular weight excluding hydrogens is 271 g/mol. The van der Waals surface area contributed by atoms with E-state index >= 15 is 0 Å². The Morgan fingerprint density at radius 1 is 1.19 bits per heavy atom.